The van der Waals surface area contributed by atoms with E-state index >= 15 is 0 Å². The van der Waals surface area contributed by atoms with Gasteiger partial charge in [0.2, 0.25) is 0 Å². The molecule has 3 heteroatoms. The van der Waals surface area contributed by atoms with Crippen LogP contribution in [0, 0.1) is 5.92 Å². The second kappa shape index (κ2) is 5.38. The standard InChI is InChI=1S/C17H25NO2/c1-17(2)9-15-8-13(4-5-16(15)20-17)10-18(3)11-14-6-7-19-12-14/h4-5,8,14H,6-7,9-12H2,1-3H3/t14-/m1/s1. The van der Waals surface area contributed by atoms with Crippen molar-refractivity contribution in [1.29, 1.82) is 0 Å². The van der Waals surface area contributed by atoms with E-state index in [1.54, 1.807) is 0 Å². The van der Waals surface area contributed by atoms with Crippen LogP contribution in [0.4, 0.5) is 0 Å². The first-order valence-corrected chi connectivity index (χ1v) is 7.59. The zero-order valence-corrected chi connectivity index (χ0v) is 12.8. The zero-order chi connectivity index (χ0) is 14.2. The molecule has 2 aliphatic rings. The average Bonchev–Trinajstić information content (AvgIpc) is 2.94. The van der Waals surface area contributed by atoms with E-state index in [2.05, 4.69) is 44.0 Å². The van der Waals surface area contributed by atoms with Gasteiger partial charge in [-0.3, -0.25) is 0 Å². The van der Waals surface area contributed by atoms with Gasteiger partial charge in [-0.2, -0.15) is 0 Å². The van der Waals surface area contributed by atoms with Gasteiger partial charge in [0, 0.05) is 26.1 Å². The van der Waals surface area contributed by atoms with Crippen LogP contribution in [-0.2, 0) is 17.7 Å². The van der Waals surface area contributed by atoms with Crippen molar-refractivity contribution in [1.82, 2.24) is 4.90 Å². The third-order valence-corrected chi connectivity index (χ3v) is 4.17. The summed E-state index contributed by atoms with van der Waals surface area (Å²) in [5.41, 5.74) is 2.69. The highest BCUT2D eigenvalue weighted by Gasteiger charge is 2.29. The minimum absolute atomic E-state index is 0.0476. The van der Waals surface area contributed by atoms with Gasteiger partial charge in [-0.15, -0.1) is 0 Å². The highest BCUT2D eigenvalue weighted by Crippen LogP contribution is 2.35. The van der Waals surface area contributed by atoms with E-state index in [4.69, 9.17) is 9.47 Å². The van der Waals surface area contributed by atoms with E-state index in [1.165, 1.54) is 17.5 Å². The summed E-state index contributed by atoms with van der Waals surface area (Å²) < 4.78 is 11.4. The molecule has 0 aliphatic carbocycles. The Hall–Kier alpha value is -1.06. The Morgan fingerprint density at radius 1 is 1.35 bits per heavy atom. The Labute approximate surface area is 121 Å². The van der Waals surface area contributed by atoms with Crippen molar-refractivity contribution in [2.45, 2.75) is 38.8 Å². The maximum atomic E-state index is 5.93. The molecule has 0 N–H and O–H groups in total. The van der Waals surface area contributed by atoms with Gasteiger partial charge in [-0.1, -0.05) is 12.1 Å². The Bertz CT molecular complexity index is 478. The van der Waals surface area contributed by atoms with Crippen LogP contribution in [0.5, 0.6) is 5.75 Å². The van der Waals surface area contributed by atoms with Gasteiger partial charge in [0.1, 0.15) is 11.4 Å². The first-order chi connectivity index (χ1) is 9.52. The second-order valence-corrected chi connectivity index (χ2v) is 6.91. The van der Waals surface area contributed by atoms with Crippen molar-refractivity contribution < 1.29 is 9.47 Å². The number of fused-ring (bicyclic) bond motifs is 1. The molecule has 2 heterocycles. The summed E-state index contributed by atoms with van der Waals surface area (Å²) in [6.45, 7) is 8.29. The molecule has 1 fully saturated rings. The van der Waals surface area contributed by atoms with Crippen LogP contribution in [0.15, 0.2) is 18.2 Å². The molecule has 0 amide bonds. The summed E-state index contributed by atoms with van der Waals surface area (Å²) in [6.07, 6.45) is 2.22. The predicted octanol–water partition coefficient (Wildman–Crippen LogP) is 2.87. The SMILES string of the molecule is CN(Cc1ccc2c(c1)CC(C)(C)O2)C[C@H]1CCOC1. The summed E-state index contributed by atoms with van der Waals surface area (Å²) in [7, 11) is 2.20. The summed E-state index contributed by atoms with van der Waals surface area (Å²) in [5.74, 6) is 1.77. The topological polar surface area (TPSA) is 21.7 Å². The van der Waals surface area contributed by atoms with Gasteiger partial charge in [0.25, 0.3) is 0 Å². The fourth-order valence-electron chi connectivity index (χ4n) is 3.31. The molecule has 110 valence electrons. The first kappa shape index (κ1) is 13.9. The summed E-state index contributed by atoms with van der Waals surface area (Å²) in [6, 6.07) is 6.64. The minimum atomic E-state index is -0.0476. The molecule has 0 spiro atoms. The van der Waals surface area contributed by atoms with Gasteiger partial charge in [0.15, 0.2) is 0 Å². The van der Waals surface area contributed by atoms with Crippen LogP contribution in [0.3, 0.4) is 0 Å². The maximum Gasteiger partial charge on any atom is 0.123 e. The van der Waals surface area contributed by atoms with Crippen molar-refractivity contribution in [2.75, 3.05) is 26.8 Å². The highest BCUT2D eigenvalue weighted by atomic mass is 16.5. The molecule has 1 atom stereocenters. The molecule has 20 heavy (non-hydrogen) atoms. The van der Waals surface area contributed by atoms with E-state index in [0.29, 0.717) is 5.92 Å². The summed E-state index contributed by atoms with van der Waals surface area (Å²) in [4.78, 5) is 2.40. The van der Waals surface area contributed by atoms with E-state index in [1.807, 2.05) is 0 Å². The van der Waals surface area contributed by atoms with Crippen molar-refractivity contribution in [3.8, 4) is 5.75 Å². The largest absolute Gasteiger partial charge is 0.487 e. The van der Waals surface area contributed by atoms with Gasteiger partial charge in [-0.05, 0) is 50.4 Å². The van der Waals surface area contributed by atoms with Gasteiger partial charge < -0.3 is 14.4 Å². The number of ether oxygens (including phenoxy) is 2. The van der Waals surface area contributed by atoms with Crippen LogP contribution in [-0.4, -0.2) is 37.3 Å². The Morgan fingerprint density at radius 3 is 2.95 bits per heavy atom. The molecule has 0 radical (unpaired) electrons. The smallest absolute Gasteiger partial charge is 0.123 e. The third kappa shape index (κ3) is 3.15. The molecule has 1 saturated heterocycles. The van der Waals surface area contributed by atoms with Crippen LogP contribution in [0.1, 0.15) is 31.4 Å². The maximum absolute atomic E-state index is 5.93. The van der Waals surface area contributed by atoms with E-state index < -0.39 is 0 Å². The van der Waals surface area contributed by atoms with Crippen LogP contribution in [0.2, 0.25) is 0 Å². The van der Waals surface area contributed by atoms with Crippen LogP contribution in [0.25, 0.3) is 0 Å². The lowest BCUT2D eigenvalue weighted by molar-refractivity contribution is 0.138. The average molecular weight is 275 g/mol. The van der Waals surface area contributed by atoms with Crippen molar-refractivity contribution >= 4 is 0 Å². The molecule has 1 aromatic carbocycles. The number of benzene rings is 1. The summed E-state index contributed by atoms with van der Waals surface area (Å²) >= 11 is 0. The molecule has 0 aromatic heterocycles. The molecule has 0 bridgehead atoms. The number of rotatable bonds is 4. The van der Waals surface area contributed by atoms with Gasteiger partial charge >= 0.3 is 0 Å². The quantitative estimate of drug-likeness (QED) is 0.843. The fourth-order valence-corrected chi connectivity index (χ4v) is 3.31. The molecule has 2 aliphatic heterocycles. The number of hydrogen-bond acceptors (Lipinski definition) is 3. The first-order valence-electron chi connectivity index (χ1n) is 7.59. The summed E-state index contributed by atoms with van der Waals surface area (Å²) in [5, 5.41) is 0. The highest BCUT2D eigenvalue weighted by molar-refractivity contribution is 5.41. The lowest BCUT2D eigenvalue weighted by Gasteiger charge is -2.20. The fraction of sp³-hybridized carbons (Fsp3) is 0.647. The lowest BCUT2D eigenvalue weighted by Crippen LogP contribution is -2.25. The minimum Gasteiger partial charge on any atom is -0.487 e. The predicted molar refractivity (Wildman–Crippen MR) is 80.1 cm³/mol. The molecule has 0 unspecified atom stereocenters. The van der Waals surface area contributed by atoms with Crippen molar-refractivity contribution in [3.63, 3.8) is 0 Å². The van der Waals surface area contributed by atoms with Gasteiger partial charge in [-0.25, -0.2) is 0 Å². The molecule has 0 saturated carbocycles. The van der Waals surface area contributed by atoms with Gasteiger partial charge in [0.05, 0.1) is 6.61 Å². The molecule has 3 rings (SSSR count). The second-order valence-electron chi connectivity index (χ2n) is 6.91. The monoisotopic (exact) mass is 275 g/mol. The Kier molecular flexibility index (Phi) is 3.74. The Balaban J connectivity index is 1.61. The number of nitrogens with zero attached hydrogens (tertiary/aromatic N) is 1. The van der Waals surface area contributed by atoms with Crippen LogP contribution < -0.4 is 4.74 Å². The van der Waals surface area contributed by atoms with Crippen molar-refractivity contribution in [3.05, 3.63) is 29.3 Å². The lowest BCUT2D eigenvalue weighted by atomic mass is 10.00. The van der Waals surface area contributed by atoms with Crippen molar-refractivity contribution in [2.24, 2.45) is 5.92 Å². The van der Waals surface area contributed by atoms with E-state index in [0.717, 1.165) is 38.5 Å². The molecule has 3 nitrogen and oxygen atoms in total. The number of hydrogen-bond donors (Lipinski definition) is 0. The normalized spacial score (nSPS) is 23.9. The molecule has 1 aromatic rings. The zero-order valence-electron chi connectivity index (χ0n) is 12.8. The molecular formula is C17H25NO2. The molecular weight excluding hydrogens is 250 g/mol. The van der Waals surface area contributed by atoms with E-state index in [9.17, 15) is 0 Å². The Morgan fingerprint density at radius 2 is 2.20 bits per heavy atom. The van der Waals surface area contributed by atoms with E-state index in [-0.39, 0.29) is 5.60 Å². The third-order valence-electron chi connectivity index (χ3n) is 4.17. The van der Waals surface area contributed by atoms with Crippen LogP contribution >= 0.6 is 0 Å².